The van der Waals surface area contributed by atoms with Gasteiger partial charge in [0, 0.05) is 42.3 Å². The molecular weight excluding hydrogens is 1080 g/mol. The van der Waals surface area contributed by atoms with Crippen molar-refractivity contribution in [2.45, 2.75) is 222 Å². The molecule has 0 aliphatic carbocycles. The number of hydrogen-bond acceptors (Lipinski definition) is 14. The van der Waals surface area contributed by atoms with Crippen LogP contribution in [0.1, 0.15) is 149 Å². The van der Waals surface area contributed by atoms with Crippen LogP contribution in [0.4, 0.5) is 0 Å². The second kappa shape index (κ2) is 34.6. The van der Waals surface area contributed by atoms with Crippen molar-refractivity contribution < 1.29 is 58.2 Å². The van der Waals surface area contributed by atoms with Gasteiger partial charge in [-0.2, -0.15) is 0 Å². The summed E-state index contributed by atoms with van der Waals surface area (Å²) in [5.74, 6) is -8.86. The third-order valence-electron chi connectivity index (χ3n) is 16.2. The summed E-state index contributed by atoms with van der Waals surface area (Å²) in [7, 11) is 10.1. The maximum Gasteiger partial charge on any atom is 0.246 e. The van der Waals surface area contributed by atoms with E-state index in [0.717, 1.165) is 9.80 Å². The fourth-order valence-electron chi connectivity index (χ4n) is 10.8. The van der Waals surface area contributed by atoms with Gasteiger partial charge in [-0.25, -0.2) is 0 Å². The van der Waals surface area contributed by atoms with Gasteiger partial charge in [0.1, 0.15) is 54.6 Å². The number of nitrogens with two attached hydrogens (primary N) is 1. The van der Waals surface area contributed by atoms with Gasteiger partial charge in [0.15, 0.2) is 0 Å². The van der Waals surface area contributed by atoms with Crippen LogP contribution in [0.3, 0.4) is 0 Å². The Labute approximate surface area is 502 Å². The Bertz CT molecular complexity index is 2210. The lowest BCUT2D eigenvalue weighted by molar-refractivity contribution is -0.159. The Morgan fingerprint density at radius 2 is 0.964 bits per heavy atom. The summed E-state index contributed by atoms with van der Waals surface area (Å²) in [6.45, 7) is 27.8. The largest absolute Gasteiger partial charge is 0.390 e. The summed E-state index contributed by atoms with van der Waals surface area (Å²) in [5, 5.41) is 35.5. The van der Waals surface area contributed by atoms with E-state index in [1.165, 1.54) is 87.7 Å². The Balaban J connectivity index is 4.29. The minimum Gasteiger partial charge on any atom is -0.390 e. The summed E-state index contributed by atoms with van der Waals surface area (Å²) in [6, 6.07) is -12.0. The molecule has 0 spiro atoms. The van der Waals surface area contributed by atoms with Crippen molar-refractivity contribution in [3.8, 4) is 0 Å². The summed E-state index contributed by atoms with van der Waals surface area (Å²) in [4.78, 5) is 154. The fraction of sp³-hybridized carbons (Fsp3) is 0.833. The first kappa shape index (κ1) is 76.6. The monoisotopic (exact) mass is 1190 g/mol. The standard InChI is InChI=1S/C60H112N12O12/c1-24-41-56(80)66(17)31-46(73)67(18)42(27-32(2)3)53(77)65-47(36(10)11)59(83)68(19)43(28-33(4)5)52(76)62-39(15)51(75)63-40(16)55(79)69(20)44(29-34(6)7)57(81)70(21)45(30-35(8)9)58(82)71(22)48(37(12)13)60(84)72(23)49(54(78)64-41)50(74)38(14)25-26-61/h32-45,47-50,58,74,82H,24-31,61H2,1-23H3,(H,62,76)(H,63,75)(H,64,78)(H,65,77)/t38-,39+,40-,41+,42+,43+,44+,45+,47+,48+,49+,50-,58?/m1/s1. The van der Waals surface area contributed by atoms with Crippen molar-refractivity contribution in [3.05, 3.63) is 0 Å². The number of aliphatic hydroxyl groups excluding tert-OH is 2. The zero-order valence-corrected chi connectivity index (χ0v) is 55.3. The lowest BCUT2D eigenvalue weighted by Gasteiger charge is -2.44. The van der Waals surface area contributed by atoms with Crippen LogP contribution in [-0.4, -0.2) is 239 Å². The molecule has 1 heterocycles. The van der Waals surface area contributed by atoms with E-state index in [-0.39, 0.29) is 68.7 Å². The molecule has 0 radical (unpaired) electrons. The highest BCUT2D eigenvalue weighted by molar-refractivity contribution is 5.98. The SMILES string of the molecule is CC[C@@H]1NC(=O)[C@H]([C@H](O)[C@H](C)CCN)N(C)C(=O)[C@H](C(C)C)N(C)C(O)[C@H](CC(C)C)N(C)C(=O)[C@H](CC(C)C)N(C)C(=O)[C@@H](C)NC(=O)[C@H](C)NC(=O)[C@H](CC(C)C)N(C)C(=O)[C@H](C(C)C)NC(=O)[C@H](CC(C)C)N(C)C(=O)CN(C)C1=O. The van der Waals surface area contributed by atoms with E-state index in [0.29, 0.717) is 0 Å². The minimum absolute atomic E-state index is 0.0248. The number of carbonyl (C=O) groups is 10. The topological polar surface area (TPSA) is 308 Å². The quantitative estimate of drug-likeness (QED) is 0.122. The Kier molecular flexibility index (Phi) is 31.6. The first-order valence-corrected chi connectivity index (χ1v) is 30.3. The summed E-state index contributed by atoms with van der Waals surface area (Å²) < 4.78 is 0. The molecule has 84 heavy (non-hydrogen) atoms. The number of amides is 10. The molecule has 484 valence electrons. The van der Waals surface area contributed by atoms with E-state index in [4.69, 9.17) is 5.73 Å². The van der Waals surface area contributed by atoms with Gasteiger partial charge in [-0.15, -0.1) is 0 Å². The number of likely N-dealkylation sites (N-methyl/N-ethyl adjacent to an activating group) is 7. The summed E-state index contributed by atoms with van der Waals surface area (Å²) in [5.41, 5.74) is 5.92. The molecule has 1 fully saturated rings. The maximum absolute atomic E-state index is 15.1. The zero-order valence-electron chi connectivity index (χ0n) is 55.3. The van der Waals surface area contributed by atoms with Gasteiger partial charge in [0.2, 0.25) is 59.1 Å². The van der Waals surface area contributed by atoms with Gasteiger partial charge in [0.05, 0.1) is 24.7 Å². The van der Waals surface area contributed by atoms with Crippen LogP contribution in [-0.2, 0) is 47.9 Å². The van der Waals surface area contributed by atoms with Gasteiger partial charge in [-0.1, -0.05) is 96.9 Å². The molecule has 0 aromatic carbocycles. The molecule has 24 nitrogen and oxygen atoms in total. The van der Waals surface area contributed by atoms with Crippen molar-refractivity contribution in [2.24, 2.45) is 47.2 Å². The number of carbonyl (C=O) groups excluding carboxylic acids is 10. The number of nitrogens with one attached hydrogen (secondary N) is 4. The molecule has 0 aromatic rings. The third-order valence-corrected chi connectivity index (χ3v) is 16.2. The molecule has 1 rings (SSSR count). The van der Waals surface area contributed by atoms with Crippen molar-refractivity contribution in [3.63, 3.8) is 0 Å². The number of nitrogens with zero attached hydrogens (tertiary/aromatic N) is 7. The van der Waals surface area contributed by atoms with Crippen LogP contribution in [0, 0.1) is 41.4 Å². The van der Waals surface area contributed by atoms with Crippen LogP contribution in [0.15, 0.2) is 0 Å². The first-order chi connectivity index (χ1) is 38.7. The molecule has 1 aliphatic heterocycles. The molecule has 24 heteroatoms. The molecule has 13 atom stereocenters. The minimum atomic E-state index is -1.60. The lowest BCUT2D eigenvalue weighted by Crippen LogP contribution is -2.64. The van der Waals surface area contributed by atoms with Gasteiger partial charge in [0.25, 0.3) is 0 Å². The van der Waals surface area contributed by atoms with Gasteiger partial charge >= 0.3 is 0 Å². The van der Waals surface area contributed by atoms with Crippen LogP contribution in [0.5, 0.6) is 0 Å². The molecule has 0 aromatic heterocycles. The summed E-state index contributed by atoms with van der Waals surface area (Å²) >= 11 is 0. The lowest BCUT2D eigenvalue weighted by atomic mass is 9.91. The van der Waals surface area contributed by atoms with Crippen LogP contribution < -0.4 is 27.0 Å². The predicted molar refractivity (Wildman–Crippen MR) is 324 cm³/mol. The Hall–Kier alpha value is -5.46. The average molecular weight is 1190 g/mol. The molecule has 0 saturated carbocycles. The average Bonchev–Trinajstić information content (AvgIpc) is 2.71. The normalized spacial score (nSPS) is 28.1. The Morgan fingerprint density at radius 3 is 1.43 bits per heavy atom. The van der Waals surface area contributed by atoms with Gasteiger partial charge in [-0.3, -0.25) is 52.8 Å². The number of aliphatic hydroxyl groups is 2. The third kappa shape index (κ3) is 21.2. The van der Waals surface area contributed by atoms with Gasteiger partial charge in [-0.05, 0) is 107 Å². The zero-order chi connectivity index (χ0) is 65.3. The molecule has 0 bridgehead atoms. The molecule has 1 saturated heterocycles. The highest BCUT2D eigenvalue weighted by atomic mass is 16.3. The predicted octanol–water partition coefficient (Wildman–Crippen LogP) is 1.44. The van der Waals surface area contributed by atoms with Crippen molar-refractivity contribution in [1.82, 2.24) is 55.6 Å². The van der Waals surface area contributed by atoms with E-state index in [1.54, 1.807) is 41.5 Å². The van der Waals surface area contributed by atoms with E-state index in [9.17, 15) is 53.4 Å². The fourth-order valence-corrected chi connectivity index (χ4v) is 10.8. The highest BCUT2D eigenvalue weighted by Crippen LogP contribution is 2.27. The first-order valence-electron chi connectivity index (χ1n) is 30.3. The van der Waals surface area contributed by atoms with E-state index < -0.39 is 156 Å². The maximum atomic E-state index is 15.1. The molecular formula is C60H112N12O12. The molecule has 8 N–H and O–H groups in total. The Morgan fingerprint density at radius 1 is 0.500 bits per heavy atom. The van der Waals surface area contributed by atoms with Crippen molar-refractivity contribution in [2.75, 3.05) is 62.4 Å². The van der Waals surface area contributed by atoms with Gasteiger partial charge < -0.3 is 66.6 Å². The highest BCUT2D eigenvalue weighted by Gasteiger charge is 2.46. The van der Waals surface area contributed by atoms with E-state index in [1.807, 2.05) is 55.4 Å². The van der Waals surface area contributed by atoms with E-state index >= 15 is 4.79 Å². The number of rotatable bonds is 15. The smallest absolute Gasteiger partial charge is 0.246 e. The second-order valence-electron chi connectivity index (χ2n) is 26.0. The van der Waals surface area contributed by atoms with E-state index in [2.05, 4.69) is 21.3 Å². The molecule has 1 aliphatic rings. The second-order valence-corrected chi connectivity index (χ2v) is 26.0. The van der Waals surface area contributed by atoms with Crippen LogP contribution in [0.2, 0.25) is 0 Å². The van der Waals surface area contributed by atoms with Crippen molar-refractivity contribution >= 4 is 59.1 Å². The molecule has 10 amide bonds. The number of hydrogen-bond donors (Lipinski definition) is 7. The molecule has 1 unspecified atom stereocenters. The van der Waals surface area contributed by atoms with Crippen molar-refractivity contribution in [1.29, 1.82) is 0 Å². The van der Waals surface area contributed by atoms with Crippen LogP contribution in [0.25, 0.3) is 0 Å². The summed E-state index contributed by atoms with van der Waals surface area (Å²) in [6.07, 6.45) is -2.00. The van der Waals surface area contributed by atoms with Crippen LogP contribution >= 0.6 is 0 Å².